The molecular formula is C6H5N3O3. The topological polar surface area (TPSA) is 88.9 Å². The summed E-state index contributed by atoms with van der Waals surface area (Å²) in [5, 5.41) is 10.3. The molecule has 0 spiro atoms. The van der Waals surface area contributed by atoms with Gasteiger partial charge in [-0.15, -0.1) is 0 Å². The molecule has 0 saturated heterocycles. The summed E-state index contributed by atoms with van der Waals surface area (Å²) in [6.45, 7) is 0. The number of nitrogens with zero attached hydrogens (tertiary/aromatic N) is 2. The Morgan fingerprint density at radius 3 is 3.00 bits per heavy atom. The summed E-state index contributed by atoms with van der Waals surface area (Å²) in [6, 6.07) is 0. The summed E-state index contributed by atoms with van der Waals surface area (Å²) in [7, 11) is 0. The van der Waals surface area contributed by atoms with E-state index in [1.807, 2.05) is 0 Å². The van der Waals surface area contributed by atoms with Crippen LogP contribution in [0.15, 0.2) is 12.4 Å². The average molecular weight is 167 g/mol. The Balaban J connectivity index is 2.99. The lowest BCUT2D eigenvalue weighted by atomic mass is 10.4. The first-order valence-corrected chi connectivity index (χ1v) is 3.05. The molecule has 0 bridgehead atoms. The van der Waals surface area contributed by atoms with E-state index < -0.39 is 4.92 Å². The highest BCUT2D eigenvalue weighted by atomic mass is 16.6. The van der Waals surface area contributed by atoms with Crippen molar-refractivity contribution in [3.63, 3.8) is 0 Å². The van der Waals surface area contributed by atoms with Gasteiger partial charge in [-0.05, 0) is 17.1 Å². The van der Waals surface area contributed by atoms with Crippen molar-refractivity contribution < 1.29 is 9.72 Å². The molecule has 1 heterocycles. The molecule has 1 rings (SSSR count). The third-order valence-corrected chi connectivity index (χ3v) is 1.16. The Morgan fingerprint density at radius 2 is 2.42 bits per heavy atom. The monoisotopic (exact) mass is 167 g/mol. The Kier molecular flexibility index (Phi) is 2.32. The third-order valence-electron chi connectivity index (χ3n) is 1.16. The first-order chi connectivity index (χ1) is 5.75. The maximum Gasteiger partial charge on any atom is 0.347 e. The first kappa shape index (κ1) is 8.12. The van der Waals surface area contributed by atoms with Gasteiger partial charge < -0.3 is 10.1 Å². The molecule has 62 valence electrons. The number of allylic oxidation sites excluding steroid dienone is 1. The Morgan fingerprint density at radius 1 is 1.67 bits per heavy atom. The van der Waals surface area contributed by atoms with Gasteiger partial charge in [-0.2, -0.15) is 0 Å². The zero-order valence-electron chi connectivity index (χ0n) is 5.93. The molecule has 0 aliphatic carbocycles. The lowest BCUT2D eigenvalue weighted by Gasteiger charge is -1.88. The van der Waals surface area contributed by atoms with Crippen LogP contribution in [0, 0.1) is 10.1 Å². The predicted octanol–water partition coefficient (Wildman–Crippen LogP) is 0.530. The quantitative estimate of drug-likeness (QED) is 0.307. The molecule has 0 aliphatic rings. The number of nitro groups is 1. The Bertz CT molecular complexity index is 329. The minimum atomic E-state index is -0.600. The molecule has 0 fully saturated rings. The van der Waals surface area contributed by atoms with Gasteiger partial charge in [-0.3, -0.25) is 4.79 Å². The highest BCUT2D eigenvalue weighted by molar-refractivity contribution is 5.74. The minimum Gasteiger partial charge on any atom is -0.358 e. The van der Waals surface area contributed by atoms with E-state index in [2.05, 4.69) is 9.97 Å². The normalized spacial score (nSPS) is 10.3. The fraction of sp³-hybridized carbons (Fsp3) is 0. The van der Waals surface area contributed by atoms with Crippen LogP contribution in [0.1, 0.15) is 5.69 Å². The van der Waals surface area contributed by atoms with Crippen LogP contribution in [-0.2, 0) is 4.79 Å². The number of H-pyrrole nitrogens is 1. The van der Waals surface area contributed by atoms with E-state index in [1.54, 1.807) is 0 Å². The summed E-state index contributed by atoms with van der Waals surface area (Å²) >= 11 is 0. The van der Waals surface area contributed by atoms with Gasteiger partial charge in [0.2, 0.25) is 0 Å². The number of aromatic amines is 1. The van der Waals surface area contributed by atoms with Crippen molar-refractivity contribution in [3.05, 3.63) is 28.2 Å². The molecule has 1 aromatic rings. The lowest BCUT2D eigenvalue weighted by Crippen LogP contribution is -1.89. The molecule has 0 unspecified atom stereocenters. The molecule has 0 amide bonds. The number of hydrogen-bond acceptors (Lipinski definition) is 4. The molecule has 0 aromatic carbocycles. The fourth-order valence-electron chi connectivity index (χ4n) is 0.697. The van der Waals surface area contributed by atoms with Gasteiger partial charge in [-0.1, -0.05) is 0 Å². The number of carbonyl (C=O) groups excluding carboxylic acids is 1. The number of aldehydes is 1. The van der Waals surface area contributed by atoms with Crippen LogP contribution in [0.4, 0.5) is 5.82 Å². The number of nitrogens with one attached hydrogen (secondary N) is 1. The summed E-state index contributed by atoms with van der Waals surface area (Å²) in [4.78, 5) is 25.5. The van der Waals surface area contributed by atoms with E-state index in [0.717, 1.165) is 6.08 Å². The highest BCUT2D eigenvalue weighted by Gasteiger charge is 2.11. The molecule has 6 nitrogen and oxygen atoms in total. The van der Waals surface area contributed by atoms with Gasteiger partial charge in [0.25, 0.3) is 0 Å². The van der Waals surface area contributed by atoms with Crippen LogP contribution in [0.5, 0.6) is 0 Å². The summed E-state index contributed by atoms with van der Waals surface area (Å²) < 4.78 is 0. The van der Waals surface area contributed by atoms with Crippen molar-refractivity contribution in [2.75, 3.05) is 0 Å². The number of rotatable bonds is 3. The maximum absolute atomic E-state index is 10.3. The second kappa shape index (κ2) is 3.42. The maximum atomic E-state index is 10.3. The number of hydrogen-bond donors (Lipinski definition) is 1. The molecule has 6 heteroatoms. The van der Waals surface area contributed by atoms with Crippen molar-refractivity contribution in [1.29, 1.82) is 0 Å². The van der Waals surface area contributed by atoms with Crippen LogP contribution >= 0.6 is 0 Å². The molecule has 0 radical (unpaired) electrons. The van der Waals surface area contributed by atoms with E-state index in [-0.39, 0.29) is 11.5 Å². The van der Waals surface area contributed by atoms with Crippen LogP contribution in [0.3, 0.4) is 0 Å². The van der Waals surface area contributed by atoms with Gasteiger partial charge >= 0.3 is 5.82 Å². The van der Waals surface area contributed by atoms with Gasteiger partial charge in [0.15, 0.2) is 12.0 Å². The van der Waals surface area contributed by atoms with Crippen LogP contribution in [-0.4, -0.2) is 21.2 Å². The van der Waals surface area contributed by atoms with Crippen molar-refractivity contribution in [2.45, 2.75) is 0 Å². The average Bonchev–Trinajstić information content (AvgIpc) is 2.48. The number of aromatic nitrogens is 2. The molecular weight excluding hydrogens is 162 g/mol. The first-order valence-electron chi connectivity index (χ1n) is 3.05. The molecule has 0 atom stereocenters. The standard InChI is InChI=1S/C6H5N3O3/c10-3-1-2-5-6(9(11)12)8-4-7-5/h1-4H,(H,7,8). The van der Waals surface area contributed by atoms with Crippen LogP contribution in [0.2, 0.25) is 0 Å². The van der Waals surface area contributed by atoms with E-state index in [0.29, 0.717) is 6.29 Å². The summed E-state index contributed by atoms with van der Waals surface area (Å²) in [6.07, 6.45) is 4.13. The summed E-state index contributed by atoms with van der Waals surface area (Å²) in [5.74, 6) is -0.215. The van der Waals surface area contributed by atoms with E-state index in [4.69, 9.17) is 0 Å². The third kappa shape index (κ3) is 1.54. The lowest BCUT2D eigenvalue weighted by molar-refractivity contribution is -0.389. The Labute approximate surface area is 67.1 Å². The smallest absolute Gasteiger partial charge is 0.347 e. The van der Waals surface area contributed by atoms with Gasteiger partial charge in [-0.25, -0.2) is 9.97 Å². The van der Waals surface area contributed by atoms with Crippen LogP contribution in [0.25, 0.3) is 6.08 Å². The molecule has 0 saturated carbocycles. The van der Waals surface area contributed by atoms with Crippen LogP contribution < -0.4 is 0 Å². The number of imidazole rings is 1. The SMILES string of the molecule is O=CC=Cc1nc[nH]c1[N+](=O)[O-]. The largest absolute Gasteiger partial charge is 0.358 e. The van der Waals surface area contributed by atoms with Gasteiger partial charge in [0, 0.05) is 0 Å². The van der Waals surface area contributed by atoms with Gasteiger partial charge in [0.1, 0.15) is 6.29 Å². The summed E-state index contributed by atoms with van der Waals surface area (Å²) in [5.41, 5.74) is 0.145. The molecule has 1 aromatic heterocycles. The number of carbonyl (C=O) groups is 1. The fourth-order valence-corrected chi connectivity index (χ4v) is 0.697. The van der Waals surface area contributed by atoms with Crippen molar-refractivity contribution >= 4 is 18.2 Å². The van der Waals surface area contributed by atoms with Crippen molar-refractivity contribution in [2.24, 2.45) is 0 Å². The van der Waals surface area contributed by atoms with E-state index >= 15 is 0 Å². The Hall–Kier alpha value is -1.98. The van der Waals surface area contributed by atoms with Crippen molar-refractivity contribution in [1.82, 2.24) is 9.97 Å². The van der Waals surface area contributed by atoms with E-state index in [9.17, 15) is 14.9 Å². The van der Waals surface area contributed by atoms with Crippen molar-refractivity contribution in [3.8, 4) is 0 Å². The second-order valence-corrected chi connectivity index (χ2v) is 1.89. The molecule has 1 N–H and O–H groups in total. The zero-order chi connectivity index (χ0) is 8.97. The van der Waals surface area contributed by atoms with Gasteiger partial charge in [0.05, 0.1) is 0 Å². The molecule has 12 heavy (non-hydrogen) atoms. The predicted molar refractivity (Wildman–Crippen MR) is 40.3 cm³/mol. The second-order valence-electron chi connectivity index (χ2n) is 1.89. The zero-order valence-corrected chi connectivity index (χ0v) is 5.93. The molecule has 0 aliphatic heterocycles. The van der Waals surface area contributed by atoms with E-state index in [1.165, 1.54) is 12.4 Å². The minimum absolute atomic E-state index is 0.145. The highest BCUT2D eigenvalue weighted by Crippen LogP contribution is 2.12.